The van der Waals surface area contributed by atoms with Crippen molar-refractivity contribution in [3.8, 4) is 5.75 Å². The number of anilines is 3. The summed E-state index contributed by atoms with van der Waals surface area (Å²) in [6.45, 7) is 4.05. The van der Waals surface area contributed by atoms with E-state index in [0.29, 0.717) is 30.1 Å². The maximum atomic E-state index is 13.4. The van der Waals surface area contributed by atoms with Crippen LogP contribution in [-0.4, -0.2) is 34.6 Å². The van der Waals surface area contributed by atoms with Gasteiger partial charge in [-0.05, 0) is 32.6 Å². The lowest BCUT2D eigenvalue weighted by molar-refractivity contribution is 0.167. The number of nitrogen functional groups attached to an aromatic ring is 1. The maximum Gasteiger partial charge on any atom is 0.184 e. The van der Waals surface area contributed by atoms with E-state index in [4.69, 9.17) is 15.2 Å². The maximum absolute atomic E-state index is 13.4. The van der Waals surface area contributed by atoms with Gasteiger partial charge in [0.15, 0.2) is 17.4 Å². The molecule has 0 aromatic carbocycles. The Morgan fingerprint density at radius 1 is 1.42 bits per heavy atom. The lowest BCUT2D eigenvalue weighted by Crippen LogP contribution is -2.20. The van der Waals surface area contributed by atoms with Crippen molar-refractivity contribution in [3.05, 3.63) is 23.8 Å². The molecule has 1 unspecified atom stereocenters. The van der Waals surface area contributed by atoms with Crippen LogP contribution >= 0.6 is 0 Å². The number of hydrogen-bond donors (Lipinski definition) is 2. The first kappa shape index (κ1) is 17.1. The van der Waals surface area contributed by atoms with Gasteiger partial charge >= 0.3 is 0 Å². The second-order valence-corrected chi connectivity index (χ2v) is 7.05. The molecular weight excluding hydrogens is 337 g/mol. The fourth-order valence-corrected chi connectivity index (χ4v) is 3.27. The van der Waals surface area contributed by atoms with Crippen molar-refractivity contribution in [1.29, 1.82) is 0 Å². The number of nitrogens with zero attached hydrogens (tertiary/aromatic N) is 3. The van der Waals surface area contributed by atoms with Gasteiger partial charge in [0.25, 0.3) is 0 Å². The molecule has 1 aliphatic carbocycles. The molecule has 7 nitrogen and oxygen atoms in total. The Hall–Kier alpha value is -2.35. The molecule has 1 saturated carbocycles. The Bertz CT molecular complexity index is 784. The molecule has 0 bridgehead atoms. The quantitative estimate of drug-likeness (QED) is 0.822. The van der Waals surface area contributed by atoms with Crippen LogP contribution in [0.3, 0.4) is 0 Å². The van der Waals surface area contributed by atoms with Crippen molar-refractivity contribution in [2.75, 3.05) is 30.9 Å². The minimum Gasteiger partial charge on any atom is -0.487 e. The molecule has 3 N–H and O–H groups in total. The van der Waals surface area contributed by atoms with Crippen molar-refractivity contribution in [2.45, 2.75) is 38.6 Å². The van der Waals surface area contributed by atoms with Crippen molar-refractivity contribution in [3.63, 3.8) is 0 Å². The highest BCUT2D eigenvalue weighted by atomic mass is 19.1. The van der Waals surface area contributed by atoms with Gasteiger partial charge in [-0.1, -0.05) is 0 Å². The molecule has 2 fully saturated rings. The molecule has 2 aliphatic rings. The zero-order valence-electron chi connectivity index (χ0n) is 14.9. The van der Waals surface area contributed by atoms with Gasteiger partial charge in [0.2, 0.25) is 0 Å². The molecule has 0 radical (unpaired) electrons. The van der Waals surface area contributed by atoms with E-state index in [1.165, 1.54) is 12.5 Å². The Balaban J connectivity index is 1.61. The van der Waals surface area contributed by atoms with Gasteiger partial charge in [0, 0.05) is 18.6 Å². The first-order valence-corrected chi connectivity index (χ1v) is 9.09. The number of halogens is 1. The van der Waals surface area contributed by atoms with Crippen molar-refractivity contribution < 1.29 is 13.9 Å². The summed E-state index contributed by atoms with van der Waals surface area (Å²) in [7, 11) is 0. The number of ether oxygens (including phenoxy) is 2. The van der Waals surface area contributed by atoms with Crippen LogP contribution in [0.5, 0.6) is 5.75 Å². The van der Waals surface area contributed by atoms with Crippen LogP contribution in [0.4, 0.5) is 21.7 Å². The SMILES string of the molecule is Cc1nn(C2CCC2)c(Nc2cc(N)c(F)cn2)c1OCC1CCOC1. The molecule has 140 valence electrons. The predicted octanol–water partition coefficient (Wildman–Crippen LogP) is 3.19. The van der Waals surface area contributed by atoms with Crippen molar-refractivity contribution in [2.24, 2.45) is 5.92 Å². The summed E-state index contributed by atoms with van der Waals surface area (Å²) in [6.07, 6.45) is 5.50. The van der Waals surface area contributed by atoms with E-state index in [0.717, 1.165) is 50.2 Å². The Labute approximate surface area is 151 Å². The van der Waals surface area contributed by atoms with Gasteiger partial charge in [0.05, 0.1) is 31.1 Å². The highest BCUT2D eigenvalue weighted by molar-refractivity contribution is 5.64. The van der Waals surface area contributed by atoms with Crippen molar-refractivity contribution >= 4 is 17.3 Å². The second-order valence-electron chi connectivity index (χ2n) is 7.05. The van der Waals surface area contributed by atoms with E-state index in [-0.39, 0.29) is 5.69 Å². The molecule has 8 heteroatoms. The number of nitrogens with one attached hydrogen (secondary N) is 1. The second kappa shape index (κ2) is 7.11. The number of aryl methyl sites for hydroxylation is 1. The number of rotatable bonds is 6. The third kappa shape index (κ3) is 3.33. The van der Waals surface area contributed by atoms with Crippen LogP contribution in [-0.2, 0) is 4.74 Å². The predicted molar refractivity (Wildman–Crippen MR) is 96.2 cm³/mol. The molecule has 0 spiro atoms. The van der Waals surface area contributed by atoms with Crippen LogP contribution in [0.2, 0.25) is 0 Å². The first-order chi connectivity index (χ1) is 12.6. The molecule has 2 aromatic heterocycles. The first-order valence-electron chi connectivity index (χ1n) is 9.09. The van der Waals surface area contributed by atoms with Crippen LogP contribution in [0.25, 0.3) is 0 Å². The largest absolute Gasteiger partial charge is 0.487 e. The van der Waals surface area contributed by atoms with Crippen molar-refractivity contribution in [1.82, 2.24) is 14.8 Å². The summed E-state index contributed by atoms with van der Waals surface area (Å²) in [6, 6.07) is 1.83. The molecular formula is C18H24FN5O2. The highest BCUT2D eigenvalue weighted by Gasteiger charge is 2.28. The molecule has 4 rings (SSSR count). The van der Waals surface area contributed by atoms with E-state index in [1.54, 1.807) is 0 Å². The minimum absolute atomic E-state index is 0.0551. The fraction of sp³-hybridized carbons (Fsp3) is 0.556. The van der Waals surface area contributed by atoms with Gasteiger partial charge in [-0.15, -0.1) is 0 Å². The van der Waals surface area contributed by atoms with Gasteiger partial charge in [-0.3, -0.25) is 0 Å². The number of aromatic nitrogens is 3. The molecule has 3 heterocycles. The summed E-state index contributed by atoms with van der Waals surface area (Å²) in [4.78, 5) is 4.08. The third-order valence-electron chi connectivity index (χ3n) is 5.07. The Kier molecular flexibility index (Phi) is 4.67. The number of hydrogen-bond acceptors (Lipinski definition) is 6. The molecule has 2 aromatic rings. The number of nitrogens with two attached hydrogens (primary N) is 1. The molecule has 0 amide bonds. The summed E-state index contributed by atoms with van der Waals surface area (Å²) in [5.41, 5.74) is 6.55. The van der Waals surface area contributed by atoms with Gasteiger partial charge in [-0.25, -0.2) is 14.1 Å². The van der Waals surface area contributed by atoms with Gasteiger partial charge < -0.3 is 20.5 Å². The highest BCUT2D eigenvalue weighted by Crippen LogP contribution is 2.40. The van der Waals surface area contributed by atoms with Gasteiger partial charge in [-0.2, -0.15) is 5.10 Å². The Morgan fingerprint density at radius 3 is 2.92 bits per heavy atom. The molecule has 1 aliphatic heterocycles. The van der Waals surface area contributed by atoms with E-state index < -0.39 is 5.82 Å². The summed E-state index contributed by atoms with van der Waals surface area (Å²) in [5.74, 6) is 1.81. The monoisotopic (exact) mass is 361 g/mol. The van der Waals surface area contributed by atoms with E-state index in [9.17, 15) is 4.39 Å². The summed E-state index contributed by atoms with van der Waals surface area (Å²) >= 11 is 0. The molecule has 26 heavy (non-hydrogen) atoms. The van der Waals surface area contributed by atoms with Gasteiger partial charge in [0.1, 0.15) is 11.5 Å². The van der Waals surface area contributed by atoms with Crippen LogP contribution < -0.4 is 15.8 Å². The lowest BCUT2D eigenvalue weighted by atomic mass is 9.93. The smallest absolute Gasteiger partial charge is 0.184 e. The average Bonchev–Trinajstić information content (AvgIpc) is 3.17. The zero-order chi connectivity index (χ0) is 18.1. The van der Waals surface area contributed by atoms with E-state index in [2.05, 4.69) is 15.4 Å². The normalized spacial score (nSPS) is 20.2. The molecule has 1 atom stereocenters. The molecule has 1 saturated heterocycles. The Morgan fingerprint density at radius 2 is 2.27 bits per heavy atom. The fourth-order valence-electron chi connectivity index (χ4n) is 3.27. The minimum atomic E-state index is -0.531. The summed E-state index contributed by atoms with van der Waals surface area (Å²) in [5, 5.41) is 7.92. The van der Waals surface area contributed by atoms with Crippen LogP contribution in [0.1, 0.15) is 37.4 Å². The number of pyridine rings is 1. The van der Waals surface area contributed by atoms with Crippen LogP contribution in [0, 0.1) is 18.7 Å². The lowest BCUT2D eigenvalue weighted by Gasteiger charge is -2.27. The third-order valence-corrected chi connectivity index (χ3v) is 5.07. The topological polar surface area (TPSA) is 87.2 Å². The van der Waals surface area contributed by atoms with E-state index in [1.807, 2.05) is 11.6 Å². The average molecular weight is 361 g/mol. The zero-order valence-corrected chi connectivity index (χ0v) is 14.9. The standard InChI is InChI=1S/C18H24FN5O2/c1-11-17(26-10-12-5-6-25-9-12)18(24(23-11)13-3-2-4-13)22-16-7-15(20)14(19)8-21-16/h7-8,12-13H,2-6,9-10H2,1H3,(H3,20,21,22). The van der Waals surface area contributed by atoms with Crippen LogP contribution in [0.15, 0.2) is 12.3 Å². The summed E-state index contributed by atoms with van der Waals surface area (Å²) < 4.78 is 26.9. The van der Waals surface area contributed by atoms with E-state index >= 15 is 0 Å².